The lowest BCUT2D eigenvalue weighted by molar-refractivity contribution is -0.0277. The van der Waals surface area contributed by atoms with E-state index in [1.165, 1.54) is 77.0 Å². The molecule has 3 rings (SSSR count). The van der Waals surface area contributed by atoms with Gasteiger partial charge in [-0.15, -0.1) is 5.92 Å². The molecule has 0 heterocycles. The Morgan fingerprint density at radius 2 is 1.85 bits per heavy atom. The summed E-state index contributed by atoms with van der Waals surface area (Å²) < 4.78 is 0. The predicted octanol–water partition coefficient (Wildman–Crippen LogP) is 7.91. The fourth-order valence-corrected chi connectivity index (χ4v) is 8.26. The molecule has 0 aromatic carbocycles. The molecule has 2 heteroatoms. The zero-order valence-electron chi connectivity index (χ0n) is 22.7. The number of rotatable bonds is 5. The molecule has 0 amide bonds. The molecule has 0 aromatic rings. The van der Waals surface area contributed by atoms with Gasteiger partial charge < -0.3 is 10.6 Å². The molecule has 0 radical (unpaired) electrons. The molecule has 2 nitrogen and oxygen atoms in total. The summed E-state index contributed by atoms with van der Waals surface area (Å²) in [6, 6.07) is 0.422. The minimum absolute atomic E-state index is 0.422. The van der Waals surface area contributed by atoms with Crippen molar-refractivity contribution in [3.63, 3.8) is 0 Å². The quantitative estimate of drug-likeness (QED) is 0.339. The Morgan fingerprint density at radius 1 is 1.12 bits per heavy atom. The third-order valence-electron chi connectivity index (χ3n) is 10.6. The third kappa shape index (κ3) is 5.33. The normalized spacial score (nSPS) is 38.6. The van der Waals surface area contributed by atoms with Gasteiger partial charge in [0.25, 0.3) is 0 Å². The van der Waals surface area contributed by atoms with E-state index in [4.69, 9.17) is 5.73 Å². The van der Waals surface area contributed by atoms with Gasteiger partial charge in [-0.3, -0.25) is 0 Å². The van der Waals surface area contributed by atoms with Crippen LogP contribution >= 0.6 is 0 Å². The summed E-state index contributed by atoms with van der Waals surface area (Å²) >= 11 is 0. The molecule has 0 aromatic heterocycles. The van der Waals surface area contributed by atoms with E-state index in [0.29, 0.717) is 22.8 Å². The first-order valence-corrected chi connectivity index (χ1v) is 14.0. The van der Waals surface area contributed by atoms with E-state index in [1.807, 2.05) is 13.0 Å². The maximum absolute atomic E-state index is 6.59. The molecule has 5 unspecified atom stereocenters. The van der Waals surface area contributed by atoms with Crippen LogP contribution in [0.4, 0.5) is 0 Å². The number of hydrogen-bond donors (Lipinski definition) is 1. The van der Waals surface area contributed by atoms with Gasteiger partial charge in [-0.05, 0) is 93.3 Å². The van der Waals surface area contributed by atoms with Crippen LogP contribution in [0.3, 0.4) is 0 Å². The second-order valence-corrected chi connectivity index (χ2v) is 12.3. The first-order valence-electron chi connectivity index (χ1n) is 14.0. The minimum atomic E-state index is 0.422. The zero-order chi connectivity index (χ0) is 24.2. The summed E-state index contributed by atoms with van der Waals surface area (Å²) in [4.78, 5) is 2.30. The highest BCUT2D eigenvalue weighted by atomic mass is 15.2. The maximum Gasteiger partial charge on any atom is 0.115 e. The molecule has 3 aliphatic carbocycles. The van der Waals surface area contributed by atoms with Crippen molar-refractivity contribution in [2.45, 2.75) is 118 Å². The van der Waals surface area contributed by atoms with Crippen molar-refractivity contribution in [3.8, 4) is 11.8 Å². The van der Waals surface area contributed by atoms with Crippen LogP contribution in [0.1, 0.15) is 112 Å². The van der Waals surface area contributed by atoms with Crippen LogP contribution in [-0.2, 0) is 0 Å². The lowest BCUT2D eigenvalue weighted by Gasteiger charge is -2.52. The number of nitrogens with zero attached hydrogens (tertiary/aromatic N) is 1. The van der Waals surface area contributed by atoms with Crippen molar-refractivity contribution in [2.75, 3.05) is 7.05 Å². The van der Waals surface area contributed by atoms with Gasteiger partial charge in [0.1, 0.15) is 5.82 Å². The van der Waals surface area contributed by atoms with E-state index < -0.39 is 0 Å². The highest BCUT2D eigenvalue weighted by Crippen LogP contribution is 2.62. The Bertz CT molecular complexity index is 770. The molecule has 7 atom stereocenters. The summed E-state index contributed by atoms with van der Waals surface area (Å²) in [6.45, 7) is 15.9. The number of allylic oxidation sites excluding steroid dienone is 2. The molecule has 33 heavy (non-hydrogen) atoms. The van der Waals surface area contributed by atoms with Crippen LogP contribution in [0.25, 0.3) is 0 Å². The molecule has 0 aliphatic heterocycles. The maximum atomic E-state index is 6.59. The van der Waals surface area contributed by atoms with Crippen LogP contribution in [0.5, 0.6) is 0 Å². The largest absolute Gasteiger partial charge is 0.384 e. The number of nitrogens with two attached hydrogens (primary N) is 1. The van der Waals surface area contributed by atoms with Crippen molar-refractivity contribution < 1.29 is 0 Å². The highest BCUT2D eigenvalue weighted by Gasteiger charge is 2.55. The lowest BCUT2D eigenvalue weighted by Crippen LogP contribution is -2.48. The summed E-state index contributed by atoms with van der Waals surface area (Å²) in [7, 11) is 2.17. The summed E-state index contributed by atoms with van der Waals surface area (Å²) in [6.07, 6.45) is 18.9. The third-order valence-corrected chi connectivity index (χ3v) is 10.6. The molecule has 186 valence electrons. The van der Waals surface area contributed by atoms with E-state index in [1.54, 1.807) is 0 Å². The number of hydrogen-bond acceptors (Lipinski definition) is 2. The van der Waals surface area contributed by atoms with Crippen molar-refractivity contribution in [3.05, 3.63) is 24.0 Å². The van der Waals surface area contributed by atoms with Gasteiger partial charge in [0, 0.05) is 13.1 Å². The first kappa shape index (κ1) is 26.2. The van der Waals surface area contributed by atoms with Crippen LogP contribution in [-0.4, -0.2) is 18.0 Å². The fourth-order valence-electron chi connectivity index (χ4n) is 8.26. The van der Waals surface area contributed by atoms with Gasteiger partial charge in [0.05, 0.1) is 5.57 Å². The average Bonchev–Trinajstić information content (AvgIpc) is 3.16. The molecule has 0 spiro atoms. The molecule has 3 aliphatic rings. The first-order chi connectivity index (χ1) is 15.7. The van der Waals surface area contributed by atoms with E-state index in [0.717, 1.165) is 29.1 Å². The molecule has 3 saturated carbocycles. The summed E-state index contributed by atoms with van der Waals surface area (Å²) in [5, 5.41) is 0. The Labute approximate surface area is 205 Å². The van der Waals surface area contributed by atoms with Crippen LogP contribution in [0.15, 0.2) is 24.0 Å². The van der Waals surface area contributed by atoms with E-state index >= 15 is 0 Å². The Morgan fingerprint density at radius 3 is 2.52 bits per heavy atom. The molecule has 2 N–H and O–H groups in total. The van der Waals surface area contributed by atoms with Gasteiger partial charge in [0.15, 0.2) is 0 Å². The van der Waals surface area contributed by atoms with Crippen LogP contribution < -0.4 is 5.73 Å². The smallest absolute Gasteiger partial charge is 0.115 e. The highest BCUT2D eigenvalue weighted by molar-refractivity contribution is 5.39. The second kappa shape index (κ2) is 10.9. The van der Waals surface area contributed by atoms with Crippen molar-refractivity contribution in [2.24, 2.45) is 40.2 Å². The summed E-state index contributed by atoms with van der Waals surface area (Å²) in [5.74, 6) is 10.4. The molecular weight excluding hydrogens is 400 g/mol. The Balaban J connectivity index is 1.83. The van der Waals surface area contributed by atoms with Gasteiger partial charge in [-0.2, -0.15) is 0 Å². The average molecular weight is 453 g/mol. The van der Waals surface area contributed by atoms with Crippen LogP contribution in [0, 0.1) is 46.3 Å². The van der Waals surface area contributed by atoms with Gasteiger partial charge >= 0.3 is 0 Å². The van der Waals surface area contributed by atoms with Gasteiger partial charge in [0.2, 0.25) is 0 Å². The SMILES string of the molecule is C=C/C(C#CC)=C(/N)N(C)[C@@H](C)C1CCC2C3CCCCCC[C@](C)(CC)CC3CCC21C. The van der Waals surface area contributed by atoms with Crippen molar-refractivity contribution in [1.29, 1.82) is 0 Å². The van der Waals surface area contributed by atoms with E-state index in [2.05, 4.69) is 58.1 Å². The Kier molecular flexibility index (Phi) is 8.69. The second-order valence-electron chi connectivity index (χ2n) is 12.3. The minimum Gasteiger partial charge on any atom is -0.384 e. The molecule has 3 fully saturated rings. The standard InChI is InChI=1S/C31H52N2/c1-8-15-24(9-2)29(32)33(7)23(4)27-17-18-28-26-16-13-11-12-14-20-30(5,10-3)22-25(26)19-21-31(27,28)6/h9,23,25-28H,2,10-14,16-22,32H2,1,3-7H3/b29-24+/t23-,25?,26?,27?,28?,30-,31?/m0/s1. The molecule has 0 saturated heterocycles. The number of fused-ring (bicyclic) bond motifs is 3. The summed E-state index contributed by atoms with van der Waals surface area (Å²) in [5.41, 5.74) is 8.45. The lowest BCUT2D eigenvalue weighted by atomic mass is 9.54. The fraction of sp³-hybridized carbons (Fsp3) is 0.806. The molecule has 0 bridgehead atoms. The molecular formula is C31H52N2. The van der Waals surface area contributed by atoms with Crippen molar-refractivity contribution >= 4 is 0 Å². The van der Waals surface area contributed by atoms with E-state index in [9.17, 15) is 0 Å². The van der Waals surface area contributed by atoms with Crippen molar-refractivity contribution in [1.82, 2.24) is 4.90 Å². The van der Waals surface area contributed by atoms with E-state index in [-0.39, 0.29) is 0 Å². The van der Waals surface area contributed by atoms with Gasteiger partial charge in [-0.1, -0.05) is 71.5 Å². The van der Waals surface area contributed by atoms with Crippen LogP contribution in [0.2, 0.25) is 0 Å². The zero-order valence-corrected chi connectivity index (χ0v) is 22.7. The topological polar surface area (TPSA) is 29.3 Å². The Hall–Kier alpha value is -1.36. The predicted molar refractivity (Wildman–Crippen MR) is 143 cm³/mol. The van der Waals surface area contributed by atoms with Gasteiger partial charge in [-0.25, -0.2) is 0 Å². The monoisotopic (exact) mass is 452 g/mol.